The van der Waals surface area contributed by atoms with Gasteiger partial charge in [-0.1, -0.05) is 23.7 Å². The minimum Gasteiger partial charge on any atom is -0.326 e. The second-order valence-corrected chi connectivity index (χ2v) is 7.76. The van der Waals surface area contributed by atoms with Gasteiger partial charge in [0, 0.05) is 23.7 Å². The standard InChI is InChI=1S/C15H18BrClN2S/c1-10(18)15(12-4-3-5-13(17)7-12)19(2)8-11-6-14(16)20-9-11/h3-7,9-10,15H,8,18H2,1-2H3. The van der Waals surface area contributed by atoms with Crippen LogP contribution in [0.4, 0.5) is 0 Å². The normalized spacial score (nSPS) is 14.5. The van der Waals surface area contributed by atoms with Gasteiger partial charge in [-0.05, 0) is 64.6 Å². The van der Waals surface area contributed by atoms with E-state index in [4.69, 9.17) is 17.3 Å². The lowest BCUT2D eigenvalue weighted by molar-refractivity contribution is 0.211. The van der Waals surface area contributed by atoms with Crippen LogP contribution in [-0.2, 0) is 6.54 Å². The third kappa shape index (κ3) is 4.06. The minimum atomic E-state index is 0.0283. The van der Waals surface area contributed by atoms with Crippen molar-refractivity contribution in [3.63, 3.8) is 0 Å². The highest BCUT2D eigenvalue weighted by atomic mass is 79.9. The van der Waals surface area contributed by atoms with Gasteiger partial charge in [0.05, 0.1) is 3.79 Å². The summed E-state index contributed by atoms with van der Waals surface area (Å²) in [5.41, 5.74) is 8.63. The molecule has 0 saturated carbocycles. The minimum absolute atomic E-state index is 0.0283. The Balaban J connectivity index is 2.20. The van der Waals surface area contributed by atoms with Crippen LogP contribution in [0.25, 0.3) is 0 Å². The Morgan fingerprint density at radius 2 is 2.15 bits per heavy atom. The largest absolute Gasteiger partial charge is 0.326 e. The van der Waals surface area contributed by atoms with Gasteiger partial charge in [-0.25, -0.2) is 0 Å². The molecule has 0 aliphatic heterocycles. The fourth-order valence-corrected chi connectivity index (χ4v) is 3.86. The summed E-state index contributed by atoms with van der Waals surface area (Å²) in [6.07, 6.45) is 0. The van der Waals surface area contributed by atoms with Gasteiger partial charge in [-0.15, -0.1) is 11.3 Å². The van der Waals surface area contributed by atoms with E-state index in [9.17, 15) is 0 Å². The average Bonchev–Trinajstić information content (AvgIpc) is 2.74. The molecule has 2 aromatic rings. The van der Waals surface area contributed by atoms with E-state index in [1.807, 2.05) is 25.1 Å². The molecule has 2 nitrogen and oxygen atoms in total. The van der Waals surface area contributed by atoms with Crippen LogP contribution in [0.5, 0.6) is 0 Å². The van der Waals surface area contributed by atoms with E-state index in [1.54, 1.807) is 11.3 Å². The van der Waals surface area contributed by atoms with Crippen LogP contribution in [0.2, 0.25) is 5.02 Å². The molecule has 0 saturated heterocycles. The van der Waals surface area contributed by atoms with Gasteiger partial charge in [-0.3, -0.25) is 4.90 Å². The molecular weight excluding hydrogens is 356 g/mol. The SMILES string of the molecule is CC(N)C(c1cccc(Cl)c1)N(C)Cc1csc(Br)c1. The number of thiophene rings is 1. The smallest absolute Gasteiger partial charge is 0.0701 e. The summed E-state index contributed by atoms with van der Waals surface area (Å²) in [4.78, 5) is 2.27. The fraction of sp³-hybridized carbons (Fsp3) is 0.333. The molecule has 20 heavy (non-hydrogen) atoms. The monoisotopic (exact) mass is 372 g/mol. The maximum Gasteiger partial charge on any atom is 0.0701 e. The zero-order valence-electron chi connectivity index (χ0n) is 11.5. The van der Waals surface area contributed by atoms with Gasteiger partial charge < -0.3 is 5.73 Å². The first-order valence-corrected chi connectivity index (χ1v) is 8.46. The third-order valence-electron chi connectivity index (χ3n) is 3.22. The lowest BCUT2D eigenvalue weighted by Gasteiger charge is -2.31. The summed E-state index contributed by atoms with van der Waals surface area (Å²) in [5.74, 6) is 0. The molecule has 1 aromatic heterocycles. The van der Waals surface area contributed by atoms with Crippen molar-refractivity contribution in [1.82, 2.24) is 4.90 Å². The van der Waals surface area contributed by atoms with Crippen molar-refractivity contribution in [2.45, 2.75) is 25.6 Å². The molecule has 0 spiro atoms. The lowest BCUT2D eigenvalue weighted by Crippen LogP contribution is -2.36. The highest BCUT2D eigenvalue weighted by molar-refractivity contribution is 9.11. The number of nitrogens with two attached hydrogens (primary N) is 1. The molecule has 0 aliphatic rings. The van der Waals surface area contributed by atoms with Gasteiger partial charge in [0.2, 0.25) is 0 Å². The predicted octanol–water partition coefficient (Wildman–Crippen LogP) is 4.68. The summed E-state index contributed by atoms with van der Waals surface area (Å²) in [6.45, 7) is 2.90. The second-order valence-electron chi connectivity index (χ2n) is 5.03. The summed E-state index contributed by atoms with van der Waals surface area (Å²) in [6, 6.07) is 10.3. The lowest BCUT2D eigenvalue weighted by atomic mass is 9.99. The van der Waals surface area contributed by atoms with Crippen LogP contribution in [0.1, 0.15) is 24.1 Å². The molecule has 108 valence electrons. The van der Waals surface area contributed by atoms with Crippen LogP contribution in [0, 0.1) is 0 Å². The first-order chi connectivity index (χ1) is 9.47. The van der Waals surface area contributed by atoms with Gasteiger partial charge in [0.15, 0.2) is 0 Å². The van der Waals surface area contributed by atoms with E-state index in [0.29, 0.717) is 0 Å². The maximum absolute atomic E-state index is 6.19. The van der Waals surface area contributed by atoms with Crippen molar-refractivity contribution < 1.29 is 0 Å². The molecule has 0 aliphatic carbocycles. The second kappa shape index (κ2) is 7.05. The maximum atomic E-state index is 6.19. The van der Waals surface area contributed by atoms with E-state index in [2.05, 4.69) is 45.4 Å². The average molecular weight is 374 g/mol. The Labute approximate surface area is 137 Å². The van der Waals surface area contributed by atoms with Crippen molar-refractivity contribution in [1.29, 1.82) is 0 Å². The first kappa shape index (κ1) is 16.0. The quantitative estimate of drug-likeness (QED) is 0.824. The summed E-state index contributed by atoms with van der Waals surface area (Å²) in [5, 5.41) is 2.91. The molecule has 1 heterocycles. The van der Waals surface area contributed by atoms with Crippen molar-refractivity contribution in [3.8, 4) is 0 Å². The molecule has 0 fully saturated rings. The topological polar surface area (TPSA) is 29.3 Å². The number of likely N-dealkylation sites (N-methyl/N-ethyl adjacent to an activating group) is 1. The van der Waals surface area contributed by atoms with Crippen LogP contribution in [0.15, 0.2) is 39.5 Å². The van der Waals surface area contributed by atoms with Crippen molar-refractivity contribution >= 4 is 38.9 Å². The number of hydrogen-bond donors (Lipinski definition) is 1. The van der Waals surface area contributed by atoms with Crippen molar-refractivity contribution in [2.24, 2.45) is 5.73 Å². The van der Waals surface area contributed by atoms with Crippen LogP contribution in [-0.4, -0.2) is 18.0 Å². The predicted molar refractivity (Wildman–Crippen MR) is 91.3 cm³/mol. The van der Waals surface area contributed by atoms with E-state index in [1.165, 1.54) is 5.56 Å². The van der Waals surface area contributed by atoms with E-state index >= 15 is 0 Å². The summed E-state index contributed by atoms with van der Waals surface area (Å²) in [7, 11) is 2.10. The molecule has 1 aromatic carbocycles. The molecule has 0 bridgehead atoms. The van der Waals surface area contributed by atoms with Gasteiger partial charge in [0.25, 0.3) is 0 Å². The van der Waals surface area contributed by atoms with E-state index in [0.717, 1.165) is 20.9 Å². The molecule has 2 rings (SSSR count). The molecule has 5 heteroatoms. The zero-order valence-corrected chi connectivity index (χ0v) is 14.7. The molecular formula is C15H18BrClN2S. The van der Waals surface area contributed by atoms with Gasteiger partial charge in [0.1, 0.15) is 0 Å². The number of nitrogens with zero attached hydrogens (tertiary/aromatic N) is 1. The van der Waals surface area contributed by atoms with Gasteiger partial charge in [-0.2, -0.15) is 0 Å². The molecule has 0 radical (unpaired) electrons. The van der Waals surface area contributed by atoms with Gasteiger partial charge >= 0.3 is 0 Å². The number of hydrogen-bond acceptors (Lipinski definition) is 3. The Hall–Kier alpha value is -0.390. The van der Waals surface area contributed by atoms with Crippen LogP contribution < -0.4 is 5.73 Å². The zero-order chi connectivity index (χ0) is 14.7. The molecule has 0 amide bonds. The highest BCUT2D eigenvalue weighted by Crippen LogP contribution is 2.28. The molecule has 2 atom stereocenters. The van der Waals surface area contributed by atoms with E-state index in [-0.39, 0.29) is 12.1 Å². The number of halogens is 2. The van der Waals surface area contributed by atoms with E-state index < -0.39 is 0 Å². The van der Waals surface area contributed by atoms with Crippen molar-refractivity contribution in [2.75, 3.05) is 7.05 Å². The number of benzene rings is 1. The van der Waals surface area contributed by atoms with Crippen LogP contribution in [0.3, 0.4) is 0 Å². The fourth-order valence-electron chi connectivity index (χ4n) is 2.47. The van der Waals surface area contributed by atoms with Crippen molar-refractivity contribution in [3.05, 3.63) is 55.6 Å². The number of rotatable bonds is 5. The first-order valence-electron chi connectivity index (χ1n) is 6.41. The Bertz CT molecular complexity index is 571. The third-order valence-corrected chi connectivity index (χ3v) is 5.01. The Morgan fingerprint density at radius 1 is 1.40 bits per heavy atom. The van der Waals surface area contributed by atoms with Crippen LogP contribution >= 0.6 is 38.9 Å². The Morgan fingerprint density at radius 3 is 2.70 bits per heavy atom. The summed E-state index contributed by atoms with van der Waals surface area (Å²) < 4.78 is 1.15. The Kier molecular flexibility index (Phi) is 5.64. The highest BCUT2D eigenvalue weighted by Gasteiger charge is 2.21. The molecule has 2 unspecified atom stereocenters. The molecule has 2 N–H and O–H groups in total. The summed E-state index contributed by atoms with van der Waals surface area (Å²) >= 11 is 11.3.